The minimum Gasteiger partial charge on any atom is -0.432 e. The molecular formula is C16H19ClN2O. The Balaban J connectivity index is 2.04. The molecule has 1 heterocycles. The number of oxazole rings is 1. The molecule has 0 unspecified atom stereocenters. The van der Waals surface area contributed by atoms with E-state index in [1.54, 1.807) is 12.5 Å². The largest absolute Gasteiger partial charge is 0.432 e. The summed E-state index contributed by atoms with van der Waals surface area (Å²) in [6.45, 7) is 6.61. The van der Waals surface area contributed by atoms with Crippen molar-refractivity contribution in [3.63, 3.8) is 0 Å². The Morgan fingerprint density at radius 2 is 2.05 bits per heavy atom. The highest BCUT2D eigenvalue weighted by Crippen LogP contribution is 2.46. The molecule has 0 spiro atoms. The van der Waals surface area contributed by atoms with Crippen LogP contribution in [0, 0.1) is 0 Å². The zero-order valence-electron chi connectivity index (χ0n) is 12.0. The van der Waals surface area contributed by atoms with E-state index in [4.69, 9.17) is 16.0 Å². The summed E-state index contributed by atoms with van der Waals surface area (Å²) in [5.41, 5.74) is 3.51. The normalized spacial score (nSPS) is 15.4. The van der Waals surface area contributed by atoms with E-state index in [1.807, 2.05) is 6.07 Å². The lowest BCUT2D eigenvalue weighted by molar-refractivity contribution is 0.573. The second kappa shape index (κ2) is 4.81. The molecule has 1 aromatic heterocycles. The van der Waals surface area contributed by atoms with Crippen molar-refractivity contribution in [1.82, 2.24) is 4.98 Å². The average Bonchev–Trinajstić information content (AvgIpc) is 3.06. The first kappa shape index (κ1) is 13.5. The van der Waals surface area contributed by atoms with Gasteiger partial charge in [0, 0.05) is 10.7 Å². The van der Waals surface area contributed by atoms with Crippen LogP contribution in [0.3, 0.4) is 0 Å². The molecule has 0 aliphatic heterocycles. The van der Waals surface area contributed by atoms with Crippen LogP contribution in [0.2, 0.25) is 5.02 Å². The topological polar surface area (TPSA) is 38.1 Å². The predicted molar refractivity (Wildman–Crippen MR) is 81.9 cm³/mol. The molecule has 1 aromatic carbocycles. The van der Waals surface area contributed by atoms with Gasteiger partial charge in [0.25, 0.3) is 6.01 Å². The summed E-state index contributed by atoms with van der Waals surface area (Å²) in [6.07, 6.45) is 5.67. The van der Waals surface area contributed by atoms with Gasteiger partial charge in [0.05, 0.1) is 6.20 Å². The number of nitrogens with one attached hydrogen (secondary N) is 1. The molecule has 0 bridgehead atoms. The van der Waals surface area contributed by atoms with Crippen molar-refractivity contribution in [3.05, 3.63) is 40.7 Å². The number of halogens is 1. The van der Waals surface area contributed by atoms with Gasteiger partial charge in [-0.2, -0.15) is 0 Å². The molecule has 1 saturated carbocycles. The smallest absolute Gasteiger partial charge is 0.299 e. The summed E-state index contributed by atoms with van der Waals surface area (Å²) in [6, 6.07) is 4.73. The van der Waals surface area contributed by atoms with Crippen molar-refractivity contribution >= 4 is 23.3 Å². The summed E-state index contributed by atoms with van der Waals surface area (Å²) < 4.78 is 5.27. The maximum atomic E-state index is 6.44. The SMILES string of the molecule is CC(C)(C)c1cc(C2CC2)c(Cl)cc1Nc1ncco1. The summed E-state index contributed by atoms with van der Waals surface area (Å²) in [7, 11) is 0. The first-order valence-corrected chi connectivity index (χ1v) is 7.33. The van der Waals surface area contributed by atoms with E-state index < -0.39 is 0 Å². The van der Waals surface area contributed by atoms with Crippen molar-refractivity contribution in [2.75, 3.05) is 5.32 Å². The molecule has 2 aromatic rings. The third-order valence-corrected chi connectivity index (χ3v) is 3.96. The maximum absolute atomic E-state index is 6.44. The predicted octanol–water partition coefficient (Wildman–Crippen LogP) is 5.25. The van der Waals surface area contributed by atoms with Crippen LogP contribution >= 0.6 is 11.6 Å². The van der Waals surface area contributed by atoms with Crippen molar-refractivity contribution in [2.24, 2.45) is 0 Å². The molecule has 0 atom stereocenters. The Labute approximate surface area is 124 Å². The zero-order valence-corrected chi connectivity index (χ0v) is 12.8. The second-order valence-corrected chi connectivity index (χ2v) is 6.81. The molecule has 0 amide bonds. The fourth-order valence-corrected chi connectivity index (χ4v) is 2.74. The van der Waals surface area contributed by atoms with Crippen LogP contribution in [0.1, 0.15) is 50.7 Å². The molecule has 20 heavy (non-hydrogen) atoms. The molecule has 1 N–H and O–H groups in total. The highest BCUT2D eigenvalue weighted by Gasteiger charge is 2.29. The number of rotatable bonds is 3. The van der Waals surface area contributed by atoms with Gasteiger partial charge in [-0.25, -0.2) is 4.98 Å². The lowest BCUT2D eigenvalue weighted by Crippen LogP contribution is -2.14. The highest BCUT2D eigenvalue weighted by atomic mass is 35.5. The Bertz CT molecular complexity index is 610. The standard InChI is InChI=1S/C16H19ClN2O/c1-16(2,3)12-8-11(10-4-5-10)13(17)9-14(12)19-15-18-6-7-20-15/h6-10H,4-5H2,1-3H3,(H,18,19). The molecule has 0 radical (unpaired) electrons. The molecule has 4 heteroatoms. The zero-order chi connectivity index (χ0) is 14.3. The molecule has 3 nitrogen and oxygen atoms in total. The fourth-order valence-electron chi connectivity index (χ4n) is 2.42. The quantitative estimate of drug-likeness (QED) is 0.839. The van der Waals surface area contributed by atoms with Crippen LogP contribution in [-0.2, 0) is 5.41 Å². The molecule has 0 saturated heterocycles. The maximum Gasteiger partial charge on any atom is 0.299 e. The van der Waals surface area contributed by atoms with Crippen LogP contribution in [0.5, 0.6) is 0 Å². The minimum atomic E-state index is 0.0309. The Morgan fingerprint density at radius 1 is 1.30 bits per heavy atom. The fraction of sp³-hybridized carbons (Fsp3) is 0.438. The van der Waals surface area contributed by atoms with Gasteiger partial charge in [-0.1, -0.05) is 38.4 Å². The number of nitrogens with zero attached hydrogens (tertiary/aromatic N) is 1. The van der Waals surface area contributed by atoms with E-state index in [0.29, 0.717) is 11.9 Å². The van der Waals surface area contributed by atoms with Crippen LogP contribution in [0.25, 0.3) is 0 Å². The van der Waals surface area contributed by atoms with Crippen molar-refractivity contribution < 1.29 is 4.42 Å². The van der Waals surface area contributed by atoms with Crippen molar-refractivity contribution in [2.45, 2.75) is 44.9 Å². The lowest BCUT2D eigenvalue weighted by Gasteiger charge is -2.24. The molecular weight excluding hydrogens is 272 g/mol. The lowest BCUT2D eigenvalue weighted by atomic mass is 9.84. The van der Waals surface area contributed by atoms with E-state index in [0.717, 1.165) is 10.7 Å². The van der Waals surface area contributed by atoms with Gasteiger partial charge in [0.15, 0.2) is 0 Å². The van der Waals surface area contributed by atoms with Gasteiger partial charge >= 0.3 is 0 Å². The Kier molecular flexibility index (Phi) is 3.25. The molecule has 1 aliphatic rings. The molecule has 1 fully saturated rings. The van der Waals surface area contributed by atoms with Gasteiger partial charge in [-0.3, -0.25) is 0 Å². The van der Waals surface area contributed by atoms with E-state index in [1.165, 1.54) is 24.0 Å². The van der Waals surface area contributed by atoms with E-state index in [-0.39, 0.29) is 5.41 Å². The minimum absolute atomic E-state index is 0.0309. The van der Waals surface area contributed by atoms with Gasteiger partial charge in [0.1, 0.15) is 6.26 Å². The first-order chi connectivity index (χ1) is 9.45. The van der Waals surface area contributed by atoms with E-state index in [2.05, 4.69) is 37.1 Å². The van der Waals surface area contributed by atoms with Gasteiger partial charge in [0.2, 0.25) is 0 Å². The number of aromatic nitrogens is 1. The summed E-state index contributed by atoms with van der Waals surface area (Å²) in [5, 5.41) is 4.05. The number of hydrogen-bond acceptors (Lipinski definition) is 3. The Morgan fingerprint density at radius 3 is 2.60 bits per heavy atom. The second-order valence-electron chi connectivity index (χ2n) is 6.41. The number of benzene rings is 1. The third-order valence-electron chi connectivity index (χ3n) is 3.64. The summed E-state index contributed by atoms with van der Waals surface area (Å²) in [5.74, 6) is 0.638. The van der Waals surface area contributed by atoms with Gasteiger partial charge in [-0.15, -0.1) is 0 Å². The van der Waals surface area contributed by atoms with Gasteiger partial charge < -0.3 is 9.73 Å². The van der Waals surface area contributed by atoms with Crippen LogP contribution in [0.4, 0.5) is 11.7 Å². The summed E-state index contributed by atoms with van der Waals surface area (Å²) >= 11 is 6.44. The Hall–Kier alpha value is -1.48. The first-order valence-electron chi connectivity index (χ1n) is 6.95. The number of anilines is 2. The van der Waals surface area contributed by atoms with E-state index >= 15 is 0 Å². The van der Waals surface area contributed by atoms with Crippen molar-refractivity contribution in [1.29, 1.82) is 0 Å². The number of hydrogen-bond donors (Lipinski definition) is 1. The molecule has 106 valence electrons. The average molecular weight is 291 g/mol. The monoisotopic (exact) mass is 290 g/mol. The highest BCUT2D eigenvalue weighted by molar-refractivity contribution is 6.31. The van der Waals surface area contributed by atoms with Crippen LogP contribution < -0.4 is 5.32 Å². The molecule has 3 rings (SSSR count). The van der Waals surface area contributed by atoms with Crippen LogP contribution in [-0.4, -0.2) is 4.98 Å². The van der Waals surface area contributed by atoms with E-state index in [9.17, 15) is 0 Å². The van der Waals surface area contributed by atoms with Gasteiger partial charge in [-0.05, 0) is 41.4 Å². The van der Waals surface area contributed by atoms with Crippen LogP contribution in [0.15, 0.2) is 29.0 Å². The third kappa shape index (κ3) is 2.68. The van der Waals surface area contributed by atoms with Crippen molar-refractivity contribution in [3.8, 4) is 0 Å². The summed E-state index contributed by atoms with van der Waals surface area (Å²) in [4.78, 5) is 4.11. The molecule has 1 aliphatic carbocycles.